The molecule has 0 aliphatic heterocycles. The van der Waals surface area contributed by atoms with Crippen molar-refractivity contribution in [2.45, 2.75) is 13.0 Å². The molecule has 0 fully saturated rings. The largest absolute Gasteiger partial charge is 0.493 e. The highest BCUT2D eigenvalue weighted by Gasteiger charge is 2.04. The van der Waals surface area contributed by atoms with E-state index in [1.54, 1.807) is 12.1 Å². The van der Waals surface area contributed by atoms with Gasteiger partial charge in [0.2, 0.25) is 0 Å². The summed E-state index contributed by atoms with van der Waals surface area (Å²) < 4.78 is 31.3. The van der Waals surface area contributed by atoms with Crippen LogP contribution in [0.5, 0.6) is 5.75 Å². The van der Waals surface area contributed by atoms with E-state index in [0.29, 0.717) is 29.9 Å². The van der Waals surface area contributed by atoms with Crippen molar-refractivity contribution >= 4 is 0 Å². The van der Waals surface area contributed by atoms with Crippen LogP contribution in [0.1, 0.15) is 11.1 Å². The van der Waals surface area contributed by atoms with Crippen LogP contribution in [0.2, 0.25) is 0 Å². The fraction of sp³-hybridized carbons (Fsp3) is 0.200. The third kappa shape index (κ3) is 3.51. The van der Waals surface area contributed by atoms with Gasteiger partial charge in [0.25, 0.3) is 0 Å². The molecule has 0 bridgehead atoms. The molecule has 0 amide bonds. The van der Waals surface area contributed by atoms with E-state index < -0.39 is 11.6 Å². The van der Waals surface area contributed by atoms with Gasteiger partial charge in [-0.2, -0.15) is 0 Å². The topological polar surface area (TPSA) is 29.5 Å². The number of aliphatic hydroxyl groups excluding tert-OH is 1. The van der Waals surface area contributed by atoms with Gasteiger partial charge >= 0.3 is 0 Å². The highest BCUT2D eigenvalue weighted by molar-refractivity contribution is 5.32. The van der Waals surface area contributed by atoms with Gasteiger partial charge in [0, 0.05) is 12.0 Å². The summed E-state index contributed by atoms with van der Waals surface area (Å²) in [6.07, 6.45) is 0.469. The quantitative estimate of drug-likeness (QED) is 0.899. The molecule has 2 nitrogen and oxygen atoms in total. The average molecular weight is 264 g/mol. The molecule has 0 radical (unpaired) electrons. The second kappa shape index (κ2) is 6.29. The molecule has 100 valence electrons. The summed E-state index contributed by atoms with van der Waals surface area (Å²) in [5.74, 6) is -1.10. The second-order valence-electron chi connectivity index (χ2n) is 4.11. The summed E-state index contributed by atoms with van der Waals surface area (Å²) in [7, 11) is 0. The molecule has 1 N–H and O–H groups in total. The fourth-order valence-corrected chi connectivity index (χ4v) is 1.75. The summed E-state index contributed by atoms with van der Waals surface area (Å²) in [6, 6.07) is 11.0. The minimum atomic E-state index is -0.853. The number of benzene rings is 2. The van der Waals surface area contributed by atoms with E-state index in [1.807, 2.05) is 12.1 Å². The van der Waals surface area contributed by atoms with Crippen LogP contribution in [-0.2, 0) is 13.0 Å². The van der Waals surface area contributed by atoms with Crippen molar-refractivity contribution in [3.8, 4) is 5.75 Å². The minimum absolute atomic E-state index is 0.0959. The van der Waals surface area contributed by atoms with Crippen molar-refractivity contribution < 1.29 is 18.6 Å². The molecule has 0 aliphatic carbocycles. The van der Waals surface area contributed by atoms with Gasteiger partial charge in [0.15, 0.2) is 11.6 Å². The first-order chi connectivity index (χ1) is 9.20. The van der Waals surface area contributed by atoms with Gasteiger partial charge in [-0.3, -0.25) is 0 Å². The predicted molar refractivity (Wildman–Crippen MR) is 67.9 cm³/mol. The summed E-state index contributed by atoms with van der Waals surface area (Å²) in [4.78, 5) is 0. The maximum atomic E-state index is 13.0. The molecule has 2 aromatic carbocycles. The Morgan fingerprint density at radius 2 is 1.79 bits per heavy atom. The molecule has 2 aromatic rings. The predicted octanol–water partition coefficient (Wildman–Crippen LogP) is 3.08. The van der Waals surface area contributed by atoms with Crippen molar-refractivity contribution in [2.24, 2.45) is 0 Å². The normalized spacial score (nSPS) is 10.5. The molecule has 0 spiro atoms. The lowest BCUT2D eigenvalue weighted by Crippen LogP contribution is -2.04. The van der Waals surface area contributed by atoms with Gasteiger partial charge in [-0.1, -0.05) is 24.3 Å². The number of aliphatic hydroxyl groups is 1. The molecule has 19 heavy (non-hydrogen) atoms. The van der Waals surface area contributed by atoms with Crippen molar-refractivity contribution in [3.63, 3.8) is 0 Å². The number of rotatable bonds is 5. The second-order valence-corrected chi connectivity index (χ2v) is 4.11. The van der Waals surface area contributed by atoms with Crippen molar-refractivity contribution in [1.82, 2.24) is 0 Å². The van der Waals surface area contributed by atoms with Crippen LogP contribution in [0.25, 0.3) is 0 Å². The van der Waals surface area contributed by atoms with E-state index in [9.17, 15) is 8.78 Å². The van der Waals surface area contributed by atoms with Crippen LogP contribution in [0.15, 0.2) is 42.5 Å². The third-order valence-corrected chi connectivity index (χ3v) is 2.78. The molecule has 4 heteroatoms. The molecule has 0 aliphatic rings. The molecule has 0 heterocycles. The van der Waals surface area contributed by atoms with Crippen LogP contribution in [-0.4, -0.2) is 11.7 Å². The zero-order valence-electron chi connectivity index (χ0n) is 10.3. The van der Waals surface area contributed by atoms with Crippen molar-refractivity contribution in [2.75, 3.05) is 6.61 Å². The third-order valence-electron chi connectivity index (χ3n) is 2.78. The average Bonchev–Trinajstić information content (AvgIpc) is 2.43. The van der Waals surface area contributed by atoms with E-state index >= 15 is 0 Å². The Balaban J connectivity index is 1.94. The summed E-state index contributed by atoms with van der Waals surface area (Å²) in [6.45, 7) is 0.240. The molecular formula is C15H14F2O2. The van der Waals surface area contributed by atoms with Gasteiger partial charge in [-0.15, -0.1) is 0 Å². The Hall–Kier alpha value is -1.94. The van der Waals surface area contributed by atoms with Crippen molar-refractivity contribution in [3.05, 3.63) is 65.2 Å². The standard InChI is InChI=1S/C15H14F2O2/c16-13-6-5-11(9-14(13)17)7-8-19-15-4-2-1-3-12(15)10-18/h1-6,9,18H,7-8,10H2. The lowest BCUT2D eigenvalue weighted by molar-refractivity contribution is 0.264. The van der Waals surface area contributed by atoms with Crippen LogP contribution < -0.4 is 4.74 Å². The van der Waals surface area contributed by atoms with E-state index in [1.165, 1.54) is 6.07 Å². The molecule has 2 rings (SSSR count). The number of hydrogen-bond acceptors (Lipinski definition) is 2. The Morgan fingerprint density at radius 1 is 1.00 bits per heavy atom. The zero-order chi connectivity index (χ0) is 13.7. The Bertz CT molecular complexity index is 556. The van der Waals surface area contributed by atoms with Gasteiger partial charge in [-0.25, -0.2) is 8.78 Å². The highest BCUT2D eigenvalue weighted by atomic mass is 19.2. The number of ether oxygens (including phenoxy) is 1. The lowest BCUT2D eigenvalue weighted by Gasteiger charge is -2.09. The molecule has 0 aromatic heterocycles. The van der Waals surface area contributed by atoms with E-state index in [-0.39, 0.29) is 6.61 Å². The molecular weight excluding hydrogens is 250 g/mol. The lowest BCUT2D eigenvalue weighted by atomic mass is 10.1. The smallest absolute Gasteiger partial charge is 0.159 e. The van der Waals surface area contributed by atoms with Gasteiger partial charge < -0.3 is 9.84 Å². The monoisotopic (exact) mass is 264 g/mol. The Labute approximate surface area is 110 Å². The van der Waals surface area contributed by atoms with E-state index in [4.69, 9.17) is 9.84 Å². The molecule has 0 saturated heterocycles. The molecule has 0 atom stereocenters. The van der Waals surface area contributed by atoms with Gasteiger partial charge in [0.05, 0.1) is 13.2 Å². The van der Waals surface area contributed by atoms with Gasteiger partial charge in [-0.05, 0) is 23.8 Å². The van der Waals surface area contributed by atoms with Crippen LogP contribution in [0.3, 0.4) is 0 Å². The Morgan fingerprint density at radius 3 is 2.53 bits per heavy atom. The van der Waals surface area contributed by atoms with Crippen LogP contribution in [0, 0.1) is 11.6 Å². The first kappa shape index (κ1) is 13.5. The van der Waals surface area contributed by atoms with Gasteiger partial charge in [0.1, 0.15) is 5.75 Å². The highest BCUT2D eigenvalue weighted by Crippen LogP contribution is 2.18. The first-order valence-corrected chi connectivity index (χ1v) is 5.96. The molecule has 0 saturated carbocycles. The fourth-order valence-electron chi connectivity index (χ4n) is 1.75. The van der Waals surface area contributed by atoms with Crippen LogP contribution in [0.4, 0.5) is 8.78 Å². The maximum Gasteiger partial charge on any atom is 0.159 e. The number of para-hydroxylation sites is 1. The summed E-state index contributed by atoms with van der Waals surface area (Å²) in [5, 5.41) is 9.13. The van der Waals surface area contributed by atoms with E-state index in [0.717, 1.165) is 12.1 Å². The summed E-state index contributed by atoms with van der Waals surface area (Å²) in [5.41, 5.74) is 1.37. The molecule has 0 unspecified atom stereocenters. The number of halogens is 2. The maximum absolute atomic E-state index is 13.0. The first-order valence-electron chi connectivity index (χ1n) is 5.96. The van der Waals surface area contributed by atoms with Crippen LogP contribution >= 0.6 is 0 Å². The SMILES string of the molecule is OCc1ccccc1OCCc1ccc(F)c(F)c1. The zero-order valence-corrected chi connectivity index (χ0v) is 10.3. The van der Waals surface area contributed by atoms with Crippen molar-refractivity contribution in [1.29, 1.82) is 0 Å². The van der Waals surface area contributed by atoms with E-state index in [2.05, 4.69) is 0 Å². The number of hydrogen-bond donors (Lipinski definition) is 1. The Kier molecular flexibility index (Phi) is 4.47. The summed E-state index contributed by atoms with van der Waals surface area (Å²) >= 11 is 0. The minimum Gasteiger partial charge on any atom is -0.493 e.